The maximum absolute atomic E-state index is 9.25. The summed E-state index contributed by atoms with van der Waals surface area (Å²) in [5, 5.41) is 9.25. The fraction of sp³-hybridized carbons (Fsp3) is 0.235. The average Bonchev–Trinajstić information content (AvgIpc) is 2.59. The predicted octanol–water partition coefficient (Wildman–Crippen LogP) is 4.24. The minimum atomic E-state index is 0.392. The van der Waals surface area contributed by atoms with Gasteiger partial charge in [0, 0.05) is 43.0 Å². The fourth-order valence-electron chi connectivity index (χ4n) is 1.84. The van der Waals surface area contributed by atoms with Gasteiger partial charge in [0.05, 0.1) is 22.1 Å². The van der Waals surface area contributed by atoms with Gasteiger partial charge >= 0.3 is 0 Å². The van der Waals surface area contributed by atoms with E-state index in [1.807, 2.05) is 37.5 Å². The smallest absolute Gasteiger partial charge is 0.136 e. The van der Waals surface area contributed by atoms with Gasteiger partial charge in [-0.25, -0.2) is 4.99 Å². The summed E-state index contributed by atoms with van der Waals surface area (Å²) < 4.78 is 6.60. The predicted molar refractivity (Wildman–Crippen MR) is 101 cm³/mol. The molecule has 0 atom stereocenters. The highest BCUT2D eigenvalue weighted by atomic mass is 79.9. The van der Waals surface area contributed by atoms with Crippen molar-refractivity contribution >= 4 is 39.7 Å². The lowest BCUT2D eigenvalue weighted by atomic mass is 10.2. The van der Waals surface area contributed by atoms with E-state index in [0.717, 1.165) is 14.9 Å². The third kappa shape index (κ3) is 4.98. The van der Waals surface area contributed by atoms with Gasteiger partial charge in [0.2, 0.25) is 0 Å². The molecule has 7 heteroatoms. The molecule has 0 N–H and O–H groups in total. The van der Waals surface area contributed by atoms with E-state index in [-0.39, 0.29) is 0 Å². The molecule has 2 rings (SSSR count). The van der Waals surface area contributed by atoms with E-state index in [2.05, 4.69) is 32.0 Å². The summed E-state index contributed by atoms with van der Waals surface area (Å²) in [5.74, 6) is 0.634. The summed E-state index contributed by atoms with van der Waals surface area (Å²) in [6.45, 7) is 0.392. The first-order valence-electron chi connectivity index (χ1n) is 7.08. The van der Waals surface area contributed by atoms with Gasteiger partial charge in [0.25, 0.3) is 0 Å². The van der Waals surface area contributed by atoms with Gasteiger partial charge < -0.3 is 9.64 Å². The molecule has 0 fully saturated rings. The minimum absolute atomic E-state index is 0.392. The Kier molecular flexibility index (Phi) is 6.64. The van der Waals surface area contributed by atoms with Crippen molar-refractivity contribution in [2.75, 3.05) is 20.4 Å². The van der Waals surface area contributed by atoms with Crippen molar-refractivity contribution in [1.82, 2.24) is 9.88 Å². The van der Waals surface area contributed by atoms with Crippen LogP contribution in [0.1, 0.15) is 11.1 Å². The van der Waals surface area contributed by atoms with Crippen molar-refractivity contribution < 1.29 is 4.74 Å². The number of rotatable bonds is 6. The van der Waals surface area contributed by atoms with Gasteiger partial charge in [0.1, 0.15) is 18.4 Å². The van der Waals surface area contributed by atoms with Crippen LogP contribution in [0.2, 0.25) is 0 Å². The van der Waals surface area contributed by atoms with E-state index >= 15 is 0 Å². The van der Waals surface area contributed by atoms with Crippen molar-refractivity contribution in [2.45, 2.75) is 11.5 Å². The second-order valence-corrected chi connectivity index (χ2v) is 6.88. The molecule has 24 heavy (non-hydrogen) atoms. The van der Waals surface area contributed by atoms with Crippen molar-refractivity contribution in [3.63, 3.8) is 0 Å². The van der Waals surface area contributed by atoms with E-state index in [1.165, 1.54) is 0 Å². The maximum atomic E-state index is 9.25. The second kappa shape index (κ2) is 8.71. The lowest BCUT2D eigenvalue weighted by Gasteiger charge is -2.11. The van der Waals surface area contributed by atoms with Gasteiger partial charge in [-0.2, -0.15) is 5.26 Å². The standard InChI is InChI=1S/C17H17BrN4OS/c1-22(2)11-21-16-6-17(15(18)5-13(16)7-19)23-10-12-4-14(24-3)9-20-8-12/h4-6,8-9,11H,10H2,1-3H3/b21-11-. The first-order valence-corrected chi connectivity index (χ1v) is 9.10. The van der Waals surface area contributed by atoms with Crippen LogP contribution in [0.15, 0.2) is 45.0 Å². The molecule has 0 spiro atoms. The van der Waals surface area contributed by atoms with Crippen LogP contribution in [-0.2, 0) is 6.61 Å². The quantitative estimate of drug-likeness (QED) is 0.409. The van der Waals surface area contributed by atoms with E-state index < -0.39 is 0 Å². The summed E-state index contributed by atoms with van der Waals surface area (Å²) in [5.41, 5.74) is 2.04. The van der Waals surface area contributed by atoms with Crippen molar-refractivity contribution in [2.24, 2.45) is 4.99 Å². The van der Waals surface area contributed by atoms with E-state index in [1.54, 1.807) is 36.4 Å². The Bertz CT molecular complexity index is 787. The van der Waals surface area contributed by atoms with Gasteiger partial charge in [-0.3, -0.25) is 4.98 Å². The number of pyridine rings is 1. The highest BCUT2D eigenvalue weighted by Crippen LogP contribution is 2.33. The number of hydrogen-bond donors (Lipinski definition) is 0. The van der Waals surface area contributed by atoms with Crippen molar-refractivity contribution in [1.29, 1.82) is 5.26 Å². The molecule has 0 amide bonds. The number of aliphatic imine (C=N–C) groups is 1. The highest BCUT2D eigenvalue weighted by Gasteiger charge is 2.09. The first kappa shape index (κ1) is 18.3. The summed E-state index contributed by atoms with van der Waals surface area (Å²) in [7, 11) is 3.75. The molecule has 1 heterocycles. The number of nitriles is 1. The molecule has 5 nitrogen and oxygen atoms in total. The van der Waals surface area contributed by atoms with E-state index in [0.29, 0.717) is 23.6 Å². The molecule has 0 aliphatic heterocycles. The van der Waals surface area contributed by atoms with Crippen LogP contribution in [0.4, 0.5) is 5.69 Å². The molecule has 2 aromatic rings. The van der Waals surface area contributed by atoms with Gasteiger partial charge in [-0.1, -0.05) is 0 Å². The van der Waals surface area contributed by atoms with Crippen LogP contribution in [0, 0.1) is 11.3 Å². The van der Waals surface area contributed by atoms with Crippen LogP contribution in [0.25, 0.3) is 0 Å². The number of nitrogens with zero attached hydrogens (tertiary/aromatic N) is 4. The normalized spacial score (nSPS) is 10.6. The summed E-state index contributed by atoms with van der Waals surface area (Å²) in [6.07, 6.45) is 7.26. The maximum Gasteiger partial charge on any atom is 0.136 e. The summed E-state index contributed by atoms with van der Waals surface area (Å²) in [6, 6.07) is 7.66. The Morgan fingerprint density at radius 1 is 1.38 bits per heavy atom. The van der Waals surface area contributed by atoms with E-state index in [4.69, 9.17) is 4.74 Å². The van der Waals surface area contributed by atoms with Crippen molar-refractivity contribution in [3.8, 4) is 11.8 Å². The Hall–Kier alpha value is -2.04. The number of hydrogen-bond acceptors (Lipinski definition) is 5. The Balaban J connectivity index is 2.23. The zero-order valence-electron chi connectivity index (χ0n) is 13.7. The molecule has 0 aliphatic carbocycles. The molecular formula is C17H17BrN4OS. The number of benzene rings is 1. The van der Waals surface area contributed by atoms with Gasteiger partial charge in [-0.15, -0.1) is 11.8 Å². The highest BCUT2D eigenvalue weighted by molar-refractivity contribution is 9.10. The number of halogens is 1. The molecule has 124 valence electrons. The lowest BCUT2D eigenvalue weighted by molar-refractivity contribution is 0.303. The fourth-order valence-corrected chi connectivity index (χ4v) is 2.74. The van der Waals surface area contributed by atoms with Crippen LogP contribution in [0.3, 0.4) is 0 Å². The van der Waals surface area contributed by atoms with Crippen LogP contribution in [0.5, 0.6) is 5.75 Å². The summed E-state index contributed by atoms with van der Waals surface area (Å²) >= 11 is 5.08. The zero-order chi connectivity index (χ0) is 17.5. The Labute approximate surface area is 154 Å². The topological polar surface area (TPSA) is 61.5 Å². The second-order valence-electron chi connectivity index (χ2n) is 5.14. The zero-order valence-corrected chi connectivity index (χ0v) is 16.1. The van der Waals surface area contributed by atoms with Crippen molar-refractivity contribution in [3.05, 3.63) is 46.2 Å². The first-order chi connectivity index (χ1) is 11.5. The largest absolute Gasteiger partial charge is 0.488 e. The van der Waals surface area contributed by atoms with Crippen LogP contribution in [-0.4, -0.2) is 36.6 Å². The number of ether oxygens (including phenoxy) is 1. The number of thioether (sulfide) groups is 1. The third-order valence-corrected chi connectivity index (χ3v) is 4.31. The molecule has 0 radical (unpaired) electrons. The minimum Gasteiger partial charge on any atom is -0.488 e. The molecule has 0 saturated carbocycles. The Morgan fingerprint density at radius 3 is 2.83 bits per heavy atom. The van der Waals surface area contributed by atoms with E-state index in [9.17, 15) is 5.26 Å². The monoisotopic (exact) mass is 404 g/mol. The molecule has 0 bridgehead atoms. The lowest BCUT2D eigenvalue weighted by Crippen LogP contribution is -2.07. The molecule has 0 unspecified atom stereocenters. The summed E-state index contributed by atoms with van der Waals surface area (Å²) in [4.78, 5) is 11.4. The molecule has 1 aromatic heterocycles. The molecule has 0 saturated heterocycles. The SMILES string of the molecule is CSc1cncc(COc2cc(/N=C\N(C)C)c(C#N)cc2Br)c1. The molecular weight excluding hydrogens is 388 g/mol. The van der Waals surface area contributed by atoms with Crippen LogP contribution < -0.4 is 4.74 Å². The number of aromatic nitrogens is 1. The third-order valence-electron chi connectivity index (χ3n) is 3.00. The molecule has 1 aromatic carbocycles. The van der Waals surface area contributed by atoms with Crippen LogP contribution >= 0.6 is 27.7 Å². The van der Waals surface area contributed by atoms with Gasteiger partial charge in [0.15, 0.2) is 0 Å². The Morgan fingerprint density at radius 2 is 2.17 bits per heavy atom. The average molecular weight is 405 g/mol. The molecule has 0 aliphatic rings. The van der Waals surface area contributed by atoms with Gasteiger partial charge in [-0.05, 0) is 34.3 Å².